The average molecular weight is 552 g/mol. The second-order valence-corrected chi connectivity index (χ2v) is 11.7. The van der Waals surface area contributed by atoms with Crippen molar-refractivity contribution in [3.05, 3.63) is 107 Å². The molecule has 2 fully saturated rings. The molecule has 1 saturated carbocycles. The molecule has 5 nitrogen and oxygen atoms in total. The molecular formula is C32H29N3O2S2. The van der Waals surface area contributed by atoms with Crippen molar-refractivity contribution in [2.75, 3.05) is 0 Å². The zero-order valence-electron chi connectivity index (χ0n) is 21.7. The highest BCUT2D eigenvalue weighted by Gasteiger charge is 2.38. The van der Waals surface area contributed by atoms with Crippen LogP contribution in [0.3, 0.4) is 0 Å². The lowest BCUT2D eigenvalue weighted by atomic mass is 10.1. The van der Waals surface area contributed by atoms with Crippen molar-refractivity contribution in [1.29, 1.82) is 0 Å². The topological polar surface area (TPSA) is 47.4 Å². The number of thiocarbonyl (C=S) groups is 1. The third kappa shape index (κ3) is 5.56. The molecule has 1 amide bonds. The summed E-state index contributed by atoms with van der Waals surface area (Å²) in [5.41, 5.74) is 5.85. The summed E-state index contributed by atoms with van der Waals surface area (Å²) in [5, 5.41) is 4.95. The number of nitrogens with zero attached hydrogens (tertiary/aromatic N) is 3. The standard InChI is InChI=1S/C32H29N3O2S2/c1-22-14-16-23(17-15-22)21-37-28-13-7-8-24(18-28)30-25(20-34(33-30)26-9-3-2-4-10-26)19-29-31(36)35(32(38)39-29)27-11-5-6-12-27/h2-4,7-10,13-20,27H,5-6,11-12,21H2,1H3/b29-19-. The summed E-state index contributed by atoms with van der Waals surface area (Å²) < 4.78 is 8.64. The summed E-state index contributed by atoms with van der Waals surface area (Å²) in [6.07, 6.45) is 8.26. The van der Waals surface area contributed by atoms with E-state index >= 15 is 0 Å². The molecule has 0 spiro atoms. The minimum atomic E-state index is 0.00509. The fourth-order valence-electron chi connectivity index (χ4n) is 5.11. The van der Waals surface area contributed by atoms with E-state index in [0.717, 1.165) is 59.5 Å². The lowest BCUT2D eigenvalue weighted by molar-refractivity contribution is -0.123. The molecule has 3 aromatic carbocycles. The van der Waals surface area contributed by atoms with E-state index in [2.05, 4.69) is 31.2 Å². The quantitative estimate of drug-likeness (QED) is 0.175. The van der Waals surface area contributed by atoms with Gasteiger partial charge in [-0.1, -0.05) is 97.0 Å². The van der Waals surface area contributed by atoms with Crippen molar-refractivity contribution in [1.82, 2.24) is 14.7 Å². The Kier molecular flexibility index (Phi) is 7.35. The molecule has 0 bridgehead atoms. The average Bonchev–Trinajstić information content (AvgIpc) is 3.69. The lowest BCUT2D eigenvalue weighted by Gasteiger charge is -2.21. The fraction of sp³-hybridized carbons (Fsp3) is 0.219. The summed E-state index contributed by atoms with van der Waals surface area (Å²) in [6.45, 7) is 2.56. The summed E-state index contributed by atoms with van der Waals surface area (Å²) >= 11 is 7.03. The van der Waals surface area contributed by atoms with Gasteiger partial charge in [0.15, 0.2) is 0 Å². The van der Waals surface area contributed by atoms with Gasteiger partial charge in [-0.3, -0.25) is 9.69 Å². The molecule has 0 atom stereocenters. The Morgan fingerprint density at radius 3 is 2.56 bits per heavy atom. The van der Waals surface area contributed by atoms with Gasteiger partial charge in [0, 0.05) is 23.4 Å². The lowest BCUT2D eigenvalue weighted by Crippen LogP contribution is -2.36. The van der Waals surface area contributed by atoms with E-state index in [1.165, 1.54) is 17.3 Å². The molecule has 0 unspecified atom stereocenters. The summed E-state index contributed by atoms with van der Waals surface area (Å²) in [5.74, 6) is 0.770. The largest absolute Gasteiger partial charge is 0.489 e. The molecule has 2 heterocycles. The van der Waals surface area contributed by atoms with Gasteiger partial charge in [-0.2, -0.15) is 5.10 Å². The number of benzene rings is 3. The zero-order valence-corrected chi connectivity index (χ0v) is 23.4. The first-order chi connectivity index (χ1) is 19.0. The van der Waals surface area contributed by atoms with E-state index in [-0.39, 0.29) is 11.9 Å². The van der Waals surface area contributed by atoms with E-state index in [1.807, 2.05) is 76.5 Å². The number of aromatic nitrogens is 2. The molecule has 39 heavy (non-hydrogen) atoms. The number of thioether (sulfide) groups is 1. The Balaban J connectivity index is 1.33. The highest BCUT2D eigenvalue weighted by molar-refractivity contribution is 8.26. The van der Waals surface area contributed by atoms with Crippen LogP contribution in [0.5, 0.6) is 5.75 Å². The molecule has 7 heteroatoms. The number of hydrogen-bond donors (Lipinski definition) is 0. The number of hydrogen-bond acceptors (Lipinski definition) is 5. The number of para-hydroxylation sites is 1. The first kappa shape index (κ1) is 25.6. The molecule has 1 aliphatic heterocycles. The molecule has 1 saturated heterocycles. The maximum atomic E-state index is 13.4. The van der Waals surface area contributed by atoms with Crippen molar-refractivity contribution in [2.45, 2.75) is 45.3 Å². The van der Waals surface area contributed by atoms with Gasteiger partial charge in [0.05, 0.1) is 10.6 Å². The molecule has 0 radical (unpaired) electrons. The number of amides is 1. The SMILES string of the molecule is Cc1ccc(COc2cccc(-c3nn(-c4ccccc4)cc3/C=C3\SC(=S)N(C4CCCC4)C3=O)c2)cc1. The van der Waals surface area contributed by atoms with Crippen LogP contribution in [0.2, 0.25) is 0 Å². The van der Waals surface area contributed by atoms with Crippen molar-refractivity contribution >= 4 is 40.3 Å². The van der Waals surface area contributed by atoms with Gasteiger partial charge >= 0.3 is 0 Å². The van der Waals surface area contributed by atoms with Crippen LogP contribution in [-0.4, -0.2) is 30.9 Å². The Labute approximate surface area is 238 Å². The van der Waals surface area contributed by atoms with Crippen LogP contribution in [0.15, 0.2) is 90.0 Å². The van der Waals surface area contributed by atoms with E-state index in [0.29, 0.717) is 15.8 Å². The number of ether oxygens (including phenoxy) is 1. The monoisotopic (exact) mass is 551 g/mol. The van der Waals surface area contributed by atoms with Gasteiger partial charge in [-0.15, -0.1) is 0 Å². The van der Waals surface area contributed by atoms with Crippen LogP contribution in [-0.2, 0) is 11.4 Å². The third-order valence-electron chi connectivity index (χ3n) is 7.20. The molecule has 1 aliphatic carbocycles. The van der Waals surface area contributed by atoms with Crippen LogP contribution in [0, 0.1) is 6.92 Å². The smallest absolute Gasteiger partial charge is 0.266 e. The minimum Gasteiger partial charge on any atom is -0.489 e. The zero-order chi connectivity index (χ0) is 26.8. The van der Waals surface area contributed by atoms with E-state index in [1.54, 1.807) is 0 Å². The first-order valence-electron chi connectivity index (χ1n) is 13.3. The van der Waals surface area contributed by atoms with E-state index < -0.39 is 0 Å². The molecule has 2 aliphatic rings. The summed E-state index contributed by atoms with van der Waals surface area (Å²) in [6, 6.07) is 26.5. The molecular weight excluding hydrogens is 523 g/mol. The van der Waals surface area contributed by atoms with Gasteiger partial charge in [0.1, 0.15) is 22.4 Å². The van der Waals surface area contributed by atoms with Crippen LogP contribution in [0.25, 0.3) is 23.0 Å². The van der Waals surface area contributed by atoms with Crippen molar-refractivity contribution in [3.8, 4) is 22.7 Å². The first-order valence-corrected chi connectivity index (χ1v) is 14.5. The fourth-order valence-corrected chi connectivity index (χ4v) is 6.50. The van der Waals surface area contributed by atoms with E-state index in [9.17, 15) is 4.79 Å². The van der Waals surface area contributed by atoms with Crippen LogP contribution < -0.4 is 4.74 Å². The Morgan fingerprint density at radius 2 is 1.79 bits per heavy atom. The van der Waals surface area contributed by atoms with Crippen molar-refractivity contribution in [2.24, 2.45) is 0 Å². The number of aryl methyl sites for hydroxylation is 1. The Hall–Kier alpha value is -3.68. The molecule has 0 N–H and O–H groups in total. The van der Waals surface area contributed by atoms with Gasteiger partial charge < -0.3 is 4.74 Å². The number of carbonyl (C=O) groups is 1. The molecule has 196 valence electrons. The predicted molar refractivity (Wildman–Crippen MR) is 162 cm³/mol. The molecule has 6 rings (SSSR count). The maximum absolute atomic E-state index is 13.4. The minimum absolute atomic E-state index is 0.00509. The normalized spacial score (nSPS) is 16.9. The summed E-state index contributed by atoms with van der Waals surface area (Å²) in [7, 11) is 0. The third-order valence-corrected chi connectivity index (χ3v) is 8.53. The second-order valence-electron chi connectivity index (χ2n) is 10.0. The molecule has 4 aromatic rings. The summed E-state index contributed by atoms with van der Waals surface area (Å²) in [4.78, 5) is 15.9. The van der Waals surface area contributed by atoms with Crippen LogP contribution in [0.4, 0.5) is 0 Å². The van der Waals surface area contributed by atoms with Gasteiger partial charge in [-0.25, -0.2) is 4.68 Å². The Morgan fingerprint density at radius 1 is 1.03 bits per heavy atom. The highest BCUT2D eigenvalue weighted by atomic mass is 32.2. The number of carbonyl (C=O) groups excluding carboxylic acids is 1. The van der Waals surface area contributed by atoms with Crippen LogP contribution in [0.1, 0.15) is 42.4 Å². The second kappa shape index (κ2) is 11.2. The number of rotatable bonds is 7. The van der Waals surface area contributed by atoms with Gasteiger partial charge in [0.2, 0.25) is 0 Å². The Bertz CT molecular complexity index is 1540. The van der Waals surface area contributed by atoms with Crippen molar-refractivity contribution in [3.63, 3.8) is 0 Å². The predicted octanol–water partition coefficient (Wildman–Crippen LogP) is 7.57. The van der Waals surface area contributed by atoms with E-state index in [4.69, 9.17) is 22.1 Å². The molecule has 1 aromatic heterocycles. The maximum Gasteiger partial charge on any atom is 0.266 e. The van der Waals surface area contributed by atoms with Gasteiger partial charge in [0.25, 0.3) is 5.91 Å². The van der Waals surface area contributed by atoms with Crippen LogP contribution >= 0.6 is 24.0 Å². The van der Waals surface area contributed by atoms with Crippen molar-refractivity contribution < 1.29 is 9.53 Å². The highest BCUT2D eigenvalue weighted by Crippen LogP contribution is 2.39. The van der Waals surface area contributed by atoms with Gasteiger partial charge in [-0.05, 0) is 55.7 Å².